The average Bonchev–Trinajstić information content (AvgIpc) is 3.05. The number of carbonyl (C=O) groups excluding carboxylic acids is 2. The van der Waals surface area contributed by atoms with E-state index in [2.05, 4.69) is 10.2 Å². The van der Waals surface area contributed by atoms with Gasteiger partial charge in [0.05, 0.1) is 10.9 Å². The van der Waals surface area contributed by atoms with Gasteiger partial charge in [-0.05, 0) is 24.1 Å². The number of likely N-dealkylation sites (tertiary alicyclic amines) is 2. The van der Waals surface area contributed by atoms with E-state index in [1.807, 2.05) is 0 Å². The highest BCUT2D eigenvalue weighted by Crippen LogP contribution is 2.40. The molecule has 0 aromatic heterocycles. The molecule has 0 bridgehead atoms. The van der Waals surface area contributed by atoms with Crippen molar-refractivity contribution in [2.45, 2.75) is 35.8 Å². The first-order valence-corrected chi connectivity index (χ1v) is 11.3. The number of benzene rings is 1. The average molecular weight is 461 g/mol. The van der Waals surface area contributed by atoms with Crippen molar-refractivity contribution >= 4 is 21.8 Å². The van der Waals surface area contributed by atoms with Gasteiger partial charge in [0.15, 0.2) is 0 Å². The van der Waals surface area contributed by atoms with E-state index in [9.17, 15) is 31.2 Å². The van der Waals surface area contributed by atoms with E-state index in [-0.39, 0.29) is 24.0 Å². The number of sulfone groups is 1. The minimum atomic E-state index is -5.33. The molecule has 31 heavy (non-hydrogen) atoms. The second-order valence-electron chi connectivity index (χ2n) is 8.47. The van der Waals surface area contributed by atoms with Crippen LogP contribution in [0.15, 0.2) is 29.2 Å². The zero-order chi connectivity index (χ0) is 22.4. The number of carbonyl (C=O) groups is 2. The Balaban J connectivity index is 1.20. The standard InChI is InChI=1S/C19H22F3N3O5S/c20-19(21,22)31(28,29)15-4-1-13(2-5-15)7-24-9-18(10-24)11-25(12-18)16(26)6-3-14-8-30-17(27)23-14/h1-2,4-5,14H,3,6-12H2,(H,23,27)/t14-/m1/s1. The SMILES string of the molecule is O=C1N[C@H](CCC(=O)N2CC3(CN(Cc4ccc(S(=O)(=O)C(F)(F)F)cc4)C3)C2)CO1. The Labute approximate surface area is 177 Å². The summed E-state index contributed by atoms with van der Waals surface area (Å²) in [4.78, 5) is 26.4. The number of alkyl halides is 3. The van der Waals surface area contributed by atoms with E-state index >= 15 is 0 Å². The molecule has 3 heterocycles. The number of halogens is 3. The van der Waals surface area contributed by atoms with Crippen molar-refractivity contribution in [3.05, 3.63) is 29.8 Å². The van der Waals surface area contributed by atoms with Crippen LogP contribution >= 0.6 is 0 Å². The second kappa shape index (κ2) is 7.66. The third kappa shape index (κ3) is 4.36. The minimum Gasteiger partial charge on any atom is -0.447 e. The number of hydrogen-bond acceptors (Lipinski definition) is 6. The fourth-order valence-electron chi connectivity index (χ4n) is 4.36. The summed E-state index contributed by atoms with van der Waals surface area (Å²) in [6.45, 7) is 3.66. The number of nitrogens with zero attached hydrogens (tertiary/aromatic N) is 2. The fourth-order valence-corrected chi connectivity index (χ4v) is 5.12. The quantitative estimate of drug-likeness (QED) is 0.690. The van der Waals surface area contributed by atoms with Gasteiger partial charge in [-0.25, -0.2) is 13.2 Å². The molecule has 8 nitrogen and oxygen atoms in total. The predicted molar refractivity (Wildman–Crippen MR) is 101 cm³/mol. The van der Waals surface area contributed by atoms with E-state index in [1.165, 1.54) is 12.1 Å². The number of rotatable bonds is 6. The molecule has 1 spiro atoms. The summed E-state index contributed by atoms with van der Waals surface area (Å²) >= 11 is 0. The molecule has 0 saturated carbocycles. The smallest absolute Gasteiger partial charge is 0.447 e. The lowest BCUT2D eigenvalue weighted by Crippen LogP contribution is -2.72. The van der Waals surface area contributed by atoms with Crippen LogP contribution in [0.3, 0.4) is 0 Å². The molecule has 2 amide bonds. The van der Waals surface area contributed by atoms with Crippen molar-refractivity contribution in [1.82, 2.24) is 15.1 Å². The largest absolute Gasteiger partial charge is 0.501 e. The third-order valence-corrected chi connectivity index (χ3v) is 7.41. The molecule has 3 saturated heterocycles. The van der Waals surface area contributed by atoms with Gasteiger partial charge < -0.3 is 15.0 Å². The lowest BCUT2D eigenvalue weighted by atomic mass is 9.72. The minimum absolute atomic E-state index is 0.0479. The fraction of sp³-hybridized carbons (Fsp3) is 0.579. The maximum atomic E-state index is 12.6. The monoisotopic (exact) mass is 461 g/mol. The molecule has 3 aliphatic rings. The molecule has 170 valence electrons. The second-order valence-corrected chi connectivity index (χ2v) is 10.4. The van der Waals surface area contributed by atoms with Crippen LogP contribution in [0.1, 0.15) is 18.4 Å². The molecule has 1 aromatic carbocycles. The molecular formula is C19H22F3N3O5S. The molecule has 0 unspecified atom stereocenters. The number of cyclic esters (lactones) is 1. The van der Waals surface area contributed by atoms with Gasteiger partial charge in [-0.3, -0.25) is 9.69 Å². The van der Waals surface area contributed by atoms with E-state index in [0.29, 0.717) is 32.5 Å². The summed E-state index contributed by atoms with van der Waals surface area (Å²) < 4.78 is 65.5. The lowest BCUT2D eigenvalue weighted by molar-refractivity contribution is -0.160. The van der Waals surface area contributed by atoms with Gasteiger partial charge in [0, 0.05) is 44.6 Å². The summed E-state index contributed by atoms with van der Waals surface area (Å²) in [6, 6.07) is 4.63. The van der Waals surface area contributed by atoms with Crippen molar-refractivity contribution in [1.29, 1.82) is 0 Å². The van der Waals surface area contributed by atoms with Crippen LogP contribution in [0.4, 0.5) is 18.0 Å². The van der Waals surface area contributed by atoms with E-state index in [1.54, 1.807) is 4.90 Å². The van der Waals surface area contributed by atoms with Gasteiger partial charge in [-0.1, -0.05) is 12.1 Å². The number of nitrogens with one attached hydrogen (secondary N) is 1. The number of alkyl carbamates (subject to hydrolysis) is 1. The van der Waals surface area contributed by atoms with Crippen molar-refractivity contribution in [2.24, 2.45) is 5.41 Å². The summed E-state index contributed by atoms with van der Waals surface area (Å²) in [5.74, 6) is 0.0479. The van der Waals surface area contributed by atoms with Crippen LogP contribution < -0.4 is 5.32 Å². The Morgan fingerprint density at radius 2 is 1.81 bits per heavy atom. The highest BCUT2D eigenvalue weighted by molar-refractivity contribution is 7.92. The van der Waals surface area contributed by atoms with Crippen molar-refractivity contribution in [2.75, 3.05) is 32.8 Å². The van der Waals surface area contributed by atoms with E-state index in [4.69, 9.17) is 4.74 Å². The maximum Gasteiger partial charge on any atom is 0.501 e. The Kier molecular flexibility index (Phi) is 5.41. The number of amides is 2. The normalized spacial score (nSPS) is 23.1. The van der Waals surface area contributed by atoms with Crippen LogP contribution in [-0.4, -0.2) is 74.6 Å². The molecular weight excluding hydrogens is 439 g/mol. The third-order valence-electron chi connectivity index (χ3n) is 5.91. The van der Waals surface area contributed by atoms with Gasteiger partial charge in [-0.2, -0.15) is 13.2 Å². The van der Waals surface area contributed by atoms with Gasteiger partial charge in [-0.15, -0.1) is 0 Å². The molecule has 1 atom stereocenters. The van der Waals surface area contributed by atoms with Crippen molar-refractivity contribution in [3.63, 3.8) is 0 Å². The highest BCUT2D eigenvalue weighted by Gasteiger charge is 2.52. The number of ether oxygens (including phenoxy) is 1. The molecule has 12 heteroatoms. The first kappa shape index (κ1) is 21.9. The van der Waals surface area contributed by atoms with Crippen LogP contribution in [-0.2, 0) is 25.9 Å². The van der Waals surface area contributed by atoms with E-state index in [0.717, 1.165) is 30.8 Å². The highest BCUT2D eigenvalue weighted by atomic mass is 32.2. The predicted octanol–water partition coefficient (Wildman–Crippen LogP) is 1.51. The first-order chi connectivity index (χ1) is 14.5. The van der Waals surface area contributed by atoms with Gasteiger partial charge in [0.2, 0.25) is 5.91 Å². The summed E-state index contributed by atoms with van der Waals surface area (Å²) in [5.41, 5.74) is -4.53. The molecule has 4 rings (SSSR count). The number of hydrogen-bond donors (Lipinski definition) is 1. The van der Waals surface area contributed by atoms with Crippen molar-refractivity contribution < 1.29 is 35.9 Å². The Hall–Kier alpha value is -2.34. The molecule has 1 N–H and O–H groups in total. The topological polar surface area (TPSA) is 96.0 Å². The molecule has 3 aliphatic heterocycles. The maximum absolute atomic E-state index is 12.6. The molecule has 3 fully saturated rings. The summed E-state index contributed by atoms with van der Waals surface area (Å²) in [6.07, 6.45) is 0.438. The molecule has 0 aliphatic carbocycles. The van der Waals surface area contributed by atoms with Gasteiger partial charge in [0.1, 0.15) is 6.61 Å². The Morgan fingerprint density at radius 3 is 2.35 bits per heavy atom. The van der Waals surface area contributed by atoms with Crippen LogP contribution in [0.25, 0.3) is 0 Å². The first-order valence-electron chi connectivity index (χ1n) is 9.81. The Morgan fingerprint density at radius 1 is 1.16 bits per heavy atom. The zero-order valence-corrected chi connectivity index (χ0v) is 17.3. The van der Waals surface area contributed by atoms with E-state index < -0.39 is 26.3 Å². The summed E-state index contributed by atoms with van der Waals surface area (Å²) in [7, 11) is -5.33. The Bertz CT molecular complexity index is 966. The molecule has 0 radical (unpaired) electrons. The zero-order valence-electron chi connectivity index (χ0n) is 16.5. The van der Waals surface area contributed by atoms with Gasteiger partial charge >= 0.3 is 11.6 Å². The van der Waals surface area contributed by atoms with Gasteiger partial charge in [0.25, 0.3) is 9.84 Å². The van der Waals surface area contributed by atoms with Crippen LogP contribution in [0.5, 0.6) is 0 Å². The van der Waals surface area contributed by atoms with Crippen molar-refractivity contribution in [3.8, 4) is 0 Å². The lowest BCUT2D eigenvalue weighted by Gasteiger charge is -2.60. The van der Waals surface area contributed by atoms with Crippen LogP contribution in [0.2, 0.25) is 0 Å². The van der Waals surface area contributed by atoms with Crippen LogP contribution in [0, 0.1) is 5.41 Å². The molecule has 1 aromatic rings. The summed E-state index contributed by atoms with van der Waals surface area (Å²) in [5, 5.41) is 2.64.